The van der Waals surface area contributed by atoms with Crippen LogP contribution < -0.4 is 5.32 Å². The molecular weight excluding hydrogens is 149 g/mol. The molecule has 0 saturated heterocycles. The number of allylic oxidation sites excluding steroid dienone is 1. The lowest BCUT2D eigenvalue weighted by Gasteiger charge is -1.75. The zero-order valence-corrected chi connectivity index (χ0v) is 6.60. The molecule has 2 nitrogen and oxygen atoms in total. The fourth-order valence-corrected chi connectivity index (χ4v) is 0.167. The SMILES string of the molecule is CC=CNC.Cl.Cl.O. The van der Waals surface area contributed by atoms with Gasteiger partial charge in [-0.2, -0.15) is 0 Å². The van der Waals surface area contributed by atoms with Gasteiger partial charge in [-0.1, -0.05) is 6.08 Å². The molecule has 0 radical (unpaired) electrons. The second kappa shape index (κ2) is 27.6. The van der Waals surface area contributed by atoms with Crippen LogP contribution in [0.4, 0.5) is 0 Å². The Kier molecular flexibility index (Phi) is 83.9. The van der Waals surface area contributed by atoms with Crippen molar-refractivity contribution in [2.45, 2.75) is 6.92 Å². The highest BCUT2D eigenvalue weighted by molar-refractivity contribution is 5.85. The van der Waals surface area contributed by atoms with Crippen LogP contribution in [0.5, 0.6) is 0 Å². The molecule has 0 aromatic rings. The Morgan fingerprint density at radius 3 is 1.62 bits per heavy atom. The van der Waals surface area contributed by atoms with Gasteiger partial charge in [0.25, 0.3) is 0 Å². The third kappa shape index (κ3) is 36.3. The first-order valence-electron chi connectivity index (χ1n) is 1.70. The van der Waals surface area contributed by atoms with Gasteiger partial charge < -0.3 is 10.8 Å². The monoisotopic (exact) mass is 161 g/mol. The molecule has 8 heavy (non-hydrogen) atoms. The second-order valence-electron chi connectivity index (χ2n) is 0.789. The maximum absolute atomic E-state index is 2.84. The van der Waals surface area contributed by atoms with Gasteiger partial charge in [0.1, 0.15) is 0 Å². The van der Waals surface area contributed by atoms with Crippen LogP contribution in [0.3, 0.4) is 0 Å². The Bertz CT molecular complexity index is 41.0. The zero-order chi connectivity index (χ0) is 4.12. The van der Waals surface area contributed by atoms with Gasteiger partial charge in [-0.05, 0) is 13.1 Å². The Balaban J connectivity index is -0.0000000267. The lowest BCUT2D eigenvalue weighted by Crippen LogP contribution is -1.89. The first-order valence-corrected chi connectivity index (χ1v) is 1.70. The Labute approximate surface area is 62.5 Å². The summed E-state index contributed by atoms with van der Waals surface area (Å²) in [5.41, 5.74) is 0. The quantitative estimate of drug-likeness (QED) is 0.607. The highest BCUT2D eigenvalue weighted by atomic mass is 35.5. The van der Waals surface area contributed by atoms with Crippen molar-refractivity contribution in [3.63, 3.8) is 0 Å². The summed E-state index contributed by atoms with van der Waals surface area (Å²) < 4.78 is 0. The van der Waals surface area contributed by atoms with E-state index < -0.39 is 0 Å². The molecule has 0 aromatic heterocycles. The summed E-state index contributed by atoms with van der Waals surface area (Å²) in [7, 11) is 1.88. The Morgan fingerprint density at radius 1 is 1.25 bits per heavy atom. The third-order valence-electron chi connectivity index (χ3n) is 0.333. The zero-order valence-electron chi connectivity index (χ0n) is 4.97. The van der Waals surface area contributed by atoms with Gasteiger partial charge in [-0.15, -0.1) is 24.8 Å². The number of hydrogen-bond donors (Lipinski definition) is 1. The Morgan fingerprint density at radius 2 is 1.62 bits per heavy atom. The van der Waals surface area contributed by atoms with E-state index in [1.807, 2.05) is 26.2 Å². The molecule has 0 spiro atoms. The van der Waals surface area contributed by atoms with Crippen molar-refractivity contribution in [1.29, 1.82) is 0 Å². The van der Waals surface area contributed by atoms with Crippen LogP contribution in [0.25, 0.3) is 0 Å². The van der Waals surface area contributed by atoms with E-state index in [0.717, 1.165) is 0 Å². The minimum absolute atomic E-state index is 0. The second-order valence-corrected chi connectivity index (χ2v) is 0.789. The normalized spacial score (nSPS) is 5.75. The average Bonchev–Trinajstić information content (AvgIpc) is 1.41. The number of rotatable bonds is 1. The van der Waals surface area contributed by atoms with Crippen molar-refractivity contribution in [3.8, 4) is 0 Å². The van der Waals surface area contributed by atoms with Crippen LogP contribution in [0, 0.1) is 0 Å². The number of hydrogen-bond acceptors (Lipinski definition) is 1. The lowest BCUT2D eigenvalue weighted by molar-refractivity contribution is 0.824. The van der Waals surface area contributed by atoms with Gasteiger partial charge in [0.05, 0.1) is 0 Å². The van der Waals surface area contributed by atoms with Crippen LogP contribution in [0.15, 0.2) is 12.3 Å². The molecule has 0 aliphatic rings. The molecule has 3 N–H and O–H groups in total. The van der Waals surface area contributed by atoms with Crippen LogP contribution in [-0.2, 0) is 0 Å². The summed E-state index contributed by atoms with van der Waals surface area (Å²) in [6.07, 6.45) is 3.82. The average molecular weight is 162 g/mol. The highest BCUT2D eigenvalue weighted by Gasteiger charge is 1.45. The van der Waals surface area contributed by atoms with E-state index in [0.29, 0.717) is 0 Å². The van der Waals surface area contributed by atoms with E-state index in [-0.39, 0.29) is 30.3 Å². The fourth-order valence-electron chi connectivity index (χ4n) is 0.167. The standard InChI is InChI=1S/C4H9N.2ClH.H2O/c1-3-4-5-2;;;/h3-5H,1-2H3;2*1H;1H2. The van der Waals surface area contributed by atoms with E-state index in [9.17, 15) is 0 Å². The van der Waals surface area contributed by atoms with E-state index in [1.54, 1.807) is 0 Å². The minimum atomic E-state index is 0. The predicted molar refractivity (Wildman–Crippen MR) is 42.0 cm³/mol. The minimum Gasteiger partial charge on any atom is -0.412 e. The molecule has 0 heterocycles. The molecule has 0 bridgehead atoms. The predicted octanol–water partition coefficient (Wildman–Crippen LogP) is 0.758. The van der Waals surface area contributed by atoms with Gasteiger partial charge in [-0.25, -0.2) is 0 Å². The van der Waals surface area contributed by atoms with Crippen molar-refractivity contribution < 1.29 is 5.48 Å². The molecule has 0 amide bonds. The molecule has 0 saturated carbocycles. The smallest absolute Gasteiger partial charge is 0.00276 e. The maximum atomic E-state index is 2.84. The molecular formula is C4H13Cl2NO. The molecule has 0 aliphatic heterocycles. The summed E-state index contributed by atoms with van der Waals surface area (Å²) in [5.74, 6) is 0. The highest BCUT2D eigenvalue weighted by Crippen LogP contribution is 1.53. The van der Waals surface area contributed by atoms with E-state index >= 15 is 0 Å². The first-order chi connectivity index (χ1) is 2.41. The van der Waals surface area contributed by atoms with Crippen molar-refractivity contribution in [2.75, 3.05) is 7.05 Å². The largest absolute Gasteiger partial charge is 0.412 e. The lowest BCUT2D eigenvalue weighted by atomic mass is 10.7. The van der Waals surface area contributed by atoms with Crippen LogP contribution in [0.2, 0.25) is 0 Å². The fraction of sp³-hybridized carbons (Fsp3) is 0.500. The molecule has 0 unspecified atom stereocenters. The molecule has 0 aromatic carbocycles. The van der Waals surface area contributed by atoms with Gasteiger partial charge in [0.2, 0.25) is 0 Å². The molecule has 0 atom stereocenters. The van der Waals surface area contributed by atoms with E-state index in [1.165, 1.54) is 0 Å². The van der Waals surface area contributed by atoms with Crippen LogP contribution >= 0.6 is 24.8 Å². The summed E-state index contributed by atoms with van der Waals surface area (Å²) in [5, 5.41) is 2.84. The topological polar surface area (TPSA) is 43.5 Å². The summed E-state index contributed by atoms with van der Waals surface area (Å²) in [6, 6.07) is 0. The molecule has 0 fully saturated rings. The van der Waals surface area contributed by atoms with Crippen LogP contribution in [0.1, 0.15) is 6.92 Å². The molecule has 4 heteroatoms. The van der Waals surface area contributed by atoms with Crippen molar-refractivity contribution in [2.24, 2.45) is 0 Å². The third-order valence-corrected chi connectivity index (χ3v) is 0.333. The summed E-state index contributed by atoms with van der Waals surface area (Å²) in [6.45, 7) is 1.97. The van der Waals surface area contributed by atoms with Gasteiger partial charge >= 0.3 is 0 Å². The van der Waals surface area contributed by atoms with E-state index in [4.69, 9.17) is 0 Å². The molecule has 0 aliphatic carbocycles. The van der Waals surface area contributed by atoms with Gasteiger partial charge in [0, 0.05) is 7.05 Å². The number of halogens is 2. The molecule has 0 rings (SSSR count). The van der Waals surface area contributed by atoms with Gasteiger partial charge in [0.15, 0.2) is 0 Å². The molecule has 54 valence electrons. The summed E-state index contributed by atoms with van der Waals surface area (Å²) >= 11 is 0. The van der Waals surface area contributed by atoms with E-state index in [2.05, 4.69) is 5.32 Å². The number of nitrogens with one attached hydrogen (secondary N) is 1. The first kappa shape index (κ1) is 24.3. The van der Waals surface area contributed by atoms with Crippen molar-refractivity contribution in [1.82, 2.24) is 5.32 Å². The summed E-state index contributed by atoms with van der Waals surface area (Å²) in [4.78, 5) is 0. The van der Waals surface area contributed by atoms with Crippen LogP contribution in [-0.4, -0.2) is 12.5 Å². The maximum Gasteiger partial charge on any atom is 0.00276 e. The van der Waals surface area contributed by atoms with Crippen molar-refractivity contribution >= 4 is 24.8 Å². The van der Waals surface area contributed by atoms with Crippen molar-refractivity contribution in [3.05, 3.63) is 12.3 Å². The Hall–Kier alpha value is 0.0800. The van der Waals surface area contributed by atoms with Gasteiger partial charge in [-0.3, -0.25) is 0 Å².